The molecular weight excluding hydrogens is 316 g/mol. The monoisotopic (exact) mass is 334 g/mol. The Balaban J connectivity index is 2.32. The van der Waals surface area contributed by atoms with Gasteiger partial charge in [0.05, 0.1) is 6.10 Å². The fourth-order valence-corrected chi connectivity index (χ4v) is 5.49. The molecular formula is C13H18O6S2. The molecule has 1 N–H and O–H groups in total. The Hall–Kier alpha value is -0.960. The molecule has 2 rings (SSSR count). The van der Waals surface area contributed by atoms with Gasteiger partial charge in [-0.1, -0.05) is 49.6 Å². The van der Waals surface area contributed by atoms with E-state index in [1.54, 1.807) is 6.07 Å². The number of hydrogen-bond acceptors (Lipinski definition) is 5. The molecule has 1 aliphatic carbocycles. The maximum Gasteiger partial charge on any atom is 0.291 e. The van der Waals surface area contributed by atoms with Crippen molar-refractivity contribution in [3.8, 4) is 0 Å². The molecule has 1 aromatic carbocycles. The lowest BCUT2D eigenvalue weighted by Crippen LogP contribution is -2.29. The number of rotatable bonds is 5. The van der Waals surface area contributed by atoms with Crippen molar-refractivity contribution in [3.63, 3.8) is 0 Å². The van der Waals surface area contributed by atoms with Crippen LogP contribution in [0.2, 0.25) is 0 Å². The third-order valence-corrected chi connectivity index (χ3v) is 7.01. The Morgan fingerprint density at radius 1 is 1.00 bits per heavy atom. The topological polar surface area (TPSA) is 97.7 Å². The number of hydrogen-bond donors (Lipinski definition) is 1. The van der Waals surface area contributed by atoms with E-state index in [0.29, 0.717) is 12.8 Å². The maximum absolute atomic E-state index is 12.3. The van der Waals surface area contributed by atoms with E-state index in [1.165, 1.54) is 24.3 Å². The van der Waals surface area contributed by atoms with E-state index < -0.39 is 30.9 Å². The van der Waals surface area contributed by atoms with E-state index in [2.05, 4.69) is 0 Å². The fraction of sp³-hybridized carbons (Fsp3) is 0.538. The summed E-state index contributed by atoms with van der Waals surface area (Å²) in [5, 5.41) is 0. The lowest BCUT2D eigenvalue weighted by Gasteiger charge is -2.23. The minimum absolute atomic E-state index is 0.0317. The van der Waals surface area contributed by atoms with Crippen LogP contribution in [0.1, 0.15) is 42.2 Å². The molecule has 8 heteroatoms. The van der Waals surface area contributed by atoms with Gasteiger partial charge in [-0.05, 0) is 18.4 Å². The quantitative estimate of drug-likeness (QED) is 0.655. The first kappa shape index (κ1) is 16.4. The van der Waals surface area contributed by atoms with E-state index in [1.807, 2.05) is 0 Å². The molecule has 1 aliphatic rings. The first-order valence-electron chi connectivity index (χ1n) is 6.74. The second kappa shape index (κ2) is 6.43. The van der Waals surface area contributed by atoms with Crippen LogP contribution in [0.4, 0.5) is 0 Å². The van der Waals surface area contributed by atoms with Crippen molar-refractivity contribution in [1.29, 1.82) is 0 Å². The van der Waals surface area contributed by atoms with E-state index >= 15 is 0 Å². The SMILES string of the molecule is O=S(=O)(O)C(c1ccccc1)S(=O)(=O)OC1CCCCC1. The Morgan fingerprint density at radius 3 is 2.10 bits per heavy atom. The Morgan fingerprint density at radius 2 is 1.57 bits per heavy atom. The molecule has 0 saturated heterocycles. The highest BCUT2D eigenvalue weighted by atomic mass is 32.3. The second-order valence-corrected chi connectivity index (χ2v) is 8.56. The summed E-state index contributed by atoms with van der Waals surface area (Å²) in [5.74, 6) is 0. The summed E-state index contributed by atoms with van der Waals surface area (Å²) in [6.07, 6.45) is 3.35. The Bertz CT molecular complexity index is 660. The van der Waals surface area contributed by atoms with Crippen LogP contribution in [0.3, 0.4) is 0 Å². The fourth-order valence-electron chi connectivity index (χ4n) is 2.50. The van der Waals surface area contributed by atoms with Gasteiger partial charge in [0.1, 0.15) is 0 Å². The van der Waals surface area contributed by atoms with Crippen LogP contribution in [0.15, 0.2) is 30.3 Å². The van der Waals surface area contributed by atoms with Crippen LogP contribution in [0.25, 0.3) is 0 Å². The lowest BCUT2D eigenvalue weighted by atomic mass is 9.98. The van der Waals surface area contributed by atoms with Crippen molar-refractivity contribution in [2.45, 2.75) is 42.8 Å². The van der Waals surface area contributed by atoms with Gasteiger partial charge in [-0.2, -0.15) is 16.8 Å². The predicted octanol–water partition coefficient (Wildman–Crippen LogP) is 2.25. The molecule has 1 atom stereocenters. The maximum atomic E-state index is 12.3. The zero-order chi connectivity index (χ0) is 15.5. The Kier molecular flexibility index (Phi) is 5.03. The van der Waals surface area contributed by atoms with Gasteiger partial charge in [0, 0.05) is 0 Å². The molecule has 118 valence electrons. The first-order chi connectivity index (χ1) is 9.81. The average Bonchev–Trinajstić information content (AvgIpc) is 2.38. The molecule has 6 nitrogen and oxygen atoms in total. The molecule has 0 aliphatic heterocycles. The molecule has 0 aromatic heterocycles. The highest BCUT2D eigenvalue weighted by Crippen LogP contribution is 2.32. The summed E-state index contributed by atoms with van der Waals surface area (Å²) >= 11 is 0. The van der Waals surface area contributed by atoms with Gasteiger partial charge in [0.25, 0.3) is 20.2 Å². The molecule has 0 radical (unpaired) electrons. The standard InChI is InChI=1S/C13H18O6S2/c14-20(15,16)13(11-7-3-1-4-8-11)21(17,18)19-12-9-5-2-6-10-12/h1,3-4,7-8,12-13H,2,5-6,9-10H2,(H,14,15,16). The van der Waals surface area contributed by atoms with Crippen LogP contribution >= 0.6 is 0 Å². The third kappa shape index (κ3) is 4.26. The van der Waals surface area contributed by atoms with E-state index in [-0.39, 0.29) is 5.56 Å². The molecule has 1 aromatic rings. The first-order valence-corrected chi connectivity index (χ1v) is 9.71. The second-order valence-electron chi connectivity index (χ2n) is 5.11. The van der Waals surface area contributed by atoms with Gasteiger partial charge in [0.15, 0.2) is 0 Å². The molecule has 21 heavy (non-hydrogen) atoms. The summed E-state index contributed by atoms with van der Waals surface area (Å²) in [6.45, 7) is 0. The molecule has 0 heterocycles. The zero-order valence-electron chi connectivity index (χ0n) is 11.4. The van der Waals surface area contributed by atoms with Gasteiger partial charge < -0.3 is 0 Å². The van der Waals surface area contributed by atoms with Gasteiger partial charge in [-0.25, -0.2) is 0 Å². The van der Waals surface area contributed by atoms with Gasteiger partial charge >= 0.3 is 0 Å². The summed E-state index contributed by atoms with van der Waals surface area (Å²) in [6, 6.07) is 7.30. The molecule has 1 fully saturated rings. The predicted molar refractivity (Wildman–Crippen MR) is 77.6 cm³/mol. The van der Waals surface area contributed by atoms with E-state index in [0.717, 1.165) is 19.3 Å². The summed E-state index contributed by atoms with van der Waals surface area (Å²) in [5.41, 5.74) is -0.0317. The normalized spacial score (nSPS) is 19.3. The molecule has 0 amide bonds. The van der Waals surface area contributed by atoms with Crippen LogP contribution in [0, 0.1) is 0 Å². The molecule has 0 spiro atoms. The van der Waals surface area contributed by atoms with Crippen molar-refractivity contribution in [2.24, 2.45) is 0 Å². The molecule has 1 saturated carbocycles. The highest BCUT2D eigenvalue weighted by molar-refractivity contribution is 8.03. The third-order valence-electron chi connectivity index (χ3n) is 3.43. The lowest BCUT2D eigenvalue weighted by molar-refractivity contribution is 0.161. The van der Waals surface area contributed by atoms with Gasteiger partial charge in [-0.3, -0.25) is 8.74 Å². The Labute approximate surface area is 125 Å². The van der Waals surface area contributed by atoms with Crippen molar-refractivity contribution in [2.75, 3.05) is 0 Å². The molecule has 1 unspecified atom stereocenters. The molecule has 0 bridgehead atoms. The summed E-state index contributed by atoms with van der Waals surface area (Å²) in [4.78, 5) is 0. The van der Waals surface area contributed by atoms with Crippen LogP contribution in [-0.4, -0.2) is 27.5 Å². The van der Waals surface area contributed by atoms with Crippen molar-refractivity contribution >= 4 is 20.2 Å². The highest BCUT2D eigenvalue weighted by Gasteiger charge is 2.40. The van der Waals surface area contributed by atoms with Crippen LogP contribution in [-0.2, 0) is 24.4 Å². The zero-order valence-corrected chi connectivity index (χ0v) is 13.0. The van der Waals surface area contributed by atoms with Gasteiger partial charge in [-0.15, -0.1) is 0 Å². The van der Waals surface area contributed by atoms with Crippen molar-refractivity contribution in [3.05, 3.63) is 35.9 Å². The summed E-state index contributed by atoms with van der Waals surface area (Å²) < 4.78 is 59.9. The van der Waals surface area contributed by atoms with Crippen LogP contribution < -0.4 is 0 Å². The number of benzene rings is 1. The van der Waals surface area contributed by atoms with Crippen LogP contribution in [0.5, 0.6) is 0 Å². The van der Waals surface area contributed by atoms with E-state index in [4.69, 9.17) is 4.18 Å². The average molecular weight is 334 g/mol. The largest absolute Gasteiger partial charge is 0.291 e. The minimum Gasteiger partial charge on any atom is -0.284 e. The van der Waals surface area contributed by atoms with Crippen molar-refractivity contribution in [1.82, 2.24) is 0 Å². The summed E-state index contributed by atoms with van der Waals surface area (Å²) in [7, 11) is -9.31. The minimum atomic E-state index is -4.84. The van der Waals surface area contributed by atoms with E-state index in [9.17, 15) is 21.4 Å². The smallest absolute Gasteiger partial charge is 0.284 e. The van der Waals surface area contributed by atoms with Gasteiger partial charge in [0.2, 0.25) is 4.58 Å². The van der Waals surface area contributed by atoms with Crippen molar-refractivity contribution < 1.29 is 25.6 Å².